The number of hydrogen-bond donors (Lipinski definition) is 1. The molecular formula is C14H17N3OS2. The number of hydrogen-bond acceptors (Lipinski definition) is 5. The number of thiazole rings is 1. The summed E-state index contributed by atoms with van der Waals surface area (Å²) in [5.74, 6) is 0.218. The third-order valence-corrected chi connectivity index (χ3v) is 4.89. The Balaban J connectivity index is 2.24. The van der Waals surface area contributed by atoms with E-state index in [1.54, 1.807) is 6.20 Å². The molecule has 2 rings (SSSR count). The van der Waals surface area contributed by atoms with Crippen molar-refractivity contribution in [2.75, 3.05) is 11.6 Å². The van der Waals surface area contributed by atoms with Crippen LogP contribution in [0.4, 0.5) is 5.69 Å². The summed E-state index contributed by atoms with van der Waals surface area (Å²) >= 11 is 2.97. The topological polar surface area (TPSA) is 54.9 Å². The van der Waals surface area contributed by atoms with Gasteiger partial charge in [-0.25, -0.2) is 9.97 Å². The zero-order chi connectivity index (χ0) is 14.7. The zero-order valence-electron chi connectivity index (χ0n) is 11.9. The molecule has 0 aliphatic heterocycles. The van der Waals surface area contributed by atoms with E-state index < -0.39 is 0 Å². The average molecular weight is 307 g/mol. The summed E-state index contributed by atoms with van der Waals surface area (Å²) in [6.07, 6.45) is 3.66. The largest absolute Gasteiger partial charge is 0.319 e. The van der Waals surface area contributed by atoms with Crippen molar-refractivity contribution in [3.63, 3.8) is 0 Å². The monoisotopic (exact) mass is 307 g/mol. The molecule has 0 atom stereocenters. The van der Waals surface area contributed by atoms with E-state index in [0.717, 1.165) is 21.4 Å². The number of anilines is 1. The fourth-order valence-corrected chi connectivity index (χ4v) is 3.17. The molecule has 2 heterocycles. The standard InChI is InChI=1S/C14H17N3OS2/c1-8(2)13-16-9(3)11(20-13)12(18)17-10-6-5-7-15-14(10)19-4/h5-8H,1-4H3,(H,17,18). The highest BCUT2D eigenvalue weighted by Gasteiger charge is 2.17. The van der Waals surface area contributed by atoms with Gasteiger partial charge >= 0.3 is 0 Å². The van der Waals surface area contributed by atoms with Gasteiger partial charge in [0.1, 0.15) is 9.90 Å². The summed E-state index contributed by atoms with van der Waals surface area (Å²) in [6.45, 7) is 6.02. The summed E-state index contributed by atoms with van der Waals surface area (Å²) in [5.41, 5.74) is 1.52. The molecule has 0 bridgehead atoms. The number of carbonyl (C=O) groups is 1. The van der Waals surface area contributed by atoms with Crippen molar-refractivity contribution in [2.24, 2.45) is 0 Å². The quantitative estimate of drug-likeness (QED) is 0.869. The number of aromatic nitrogens is 2. The number of rotatable bonds is 4. The second-order valence-electron chi connectivity index (χ2n) is 4.64. The van der Waals surface area contributed by atoms with Crippen LogP contribution in [0.25, 0.3) is 0 Å². The number of carbonyl (C=O) groups excluding carboxylic acids is 1. The Bertz CT molecular complexity index is 623. The Morgan fingerprint density at radius 1 is 1.45 bits per heavy atom. The second kappa shape index (κ2) is 6.37. The first-order chi connectivity index (χ1) is 9.52. The number of amides is 1. The van der Waals surface area contributed by atoms with Gasteiger partial charge in [0, 0.05) is 12.1 Å². The van der Waals surface area contributed by atoms with Crippen molar-refractivity contribution in [3.8, 4) is 0 Å². The van der Waals surface area contributed by atoms with Gasteiger partial charge < -0.3 is 5.32 Å². The predicted molar refractivity (Wildman–Crippen MR) is 84.9 cm³/mol. The third kappa shape index (κ3) is 3.19. The smallest absolute Gasteiger partial charge is 0.267 e. The van der Waals surface area contributed by atoms with Crippen LogP contribution in [0.15, 0.2) is 23.4 Å². The lowest BCUT2D eigenvalue weighted by atomic mass is 10.2. The molecule has 0 aliphatic carbocycles. The average Bonchev–Trinajstić information content (AvgIpc) is 2.82. The van der Waals surface area contributed by atoms with Crippen LogP contribution >= 0.6 is 23.1 Å². The molecule has 106 valence electrons. The molecule has 20 heavy (non-hydrogen) atoms. The minimum atomic E-state index is -0.116. The van der Waals surface area contributed by atoms with Crippen molar-refractivity contribution in [1.29, 1.82) is 0 Å². The first kappa shape index (κ1) is 15.0. The molecule has 1 amide bonds. The minimum Gasteiger partial charge on any atom is -0.319 e. The van der Waals surface area contributed by atoms with Gasteiger partial charge in [0.05, 0.1) is 16.4 Å². The maximum absolute atomic E-state index is 12.4. The Morgan fingerprint density at radius 2 is 2.20 bits per heavy atom. The van der Waals surface area contributed by atoms with E-state index in [1.165, 1.54) is 23.1 Å². The number of aryl methyl sites for hydroxylation is 1. The second-order valence-corrected chi connectivity index (χ2v) is 6.46. The third-order valence-electron chi connectivity index (χ3n) is 2.73. The summed E-state index contributed by atoms with van der Waals surface area (Å²) in [5, 5.41) is 4.72. The van der Waals surface area contributed by atoms with E-state index in [-0.39, 0.29) is 5.91 Å². The summed E-state index contributed by atoms with van der Waals surface area (Å²) in [7, 11) is 0. The SMILES string of the molecule is CSc1ncccc1NC(=O)c1sc(C(C)C)nc1C. The lowest BCUT2D eigenvalue weighted by Crippen LogP contribution is -2.12. The van der Waals surface area contributed by atoms with Gasteiger partial charge in [-0.05, 0) is 25.3 Å². The Labute approximate surface area is 127 Å². The van der Waals surface area contributed by atoms with E-state index in [9.17, 15) is 4.79 Å². The number of nitrogens with one attached hydrogen (secondary N) is 1. The summed E-state index contributed by atoms with van der Waals surface area (Å²) in [4.78, 5) is 21.7. The fraction of sp³-hybridized carbons (Fsp3) is 0.357. The molecule has 2 aromatic heterocycles. The molecule has 4 nitrogen and oxygen atoms in total. The van der Waals surface area contributed by atoms with Gasteiger partial charge in [-0.3, -0.25) is 4.79 Å². The van der Waals surface area contributed by atoms with Crippen LogP contribution in [0.3, 0.4) is 0 Å². The zero-order valence-corrected chi connectivity index (χ0v) is 13.6. The van der Waals surface area contributed by atoms with Crippen LogP contribution in [0.1, 0.15) is 40.1 Å². The highest BCUT2D eigenvalue weighted by molar-refractivity contribution is 7.98. The lowest BCUT2D eigenvalue weighted by Gasteiger charge is -2.07. The van der Waals surface area contributed by atoms with Gasteiger partial charge in [0.25, 0.3) is 5.91 Å². The molecule has 0 saturated carbocycles. The molecule has 2 aromatic rings. The molecule has 0 aromatic carbocycles. The molecular weight excluding hydrogens is 290 g/mol. The Kier molecular flexibility index (Phi) is 4.77. The van der Waals surface area contributed by atoms with Crippen molar-refractivity contribution < 1.29 is 4.79 Å². The van der Waals surface area contributed by atoms with Crippen LogP contribution in [0, 0.1) is 6.92 Å². The van der Waals surface area contributed by atoms with Crippen LogP contribution in [-0.4, -0.2) is 22.1 Å². The van der Waals surface area contributed by atoms with Gasteiger partial charge in [-0.2, -0.15) is 0 Å². The molecule has 0 fully saturated rings. The normalized spacial score (nSPS) is 10.8. The highest BCUT2D eigenvalue weighted by Crippen LogP contribution is 2.27. The van der Waals surface area contributed by atoms with Gasteiger partial charge in [0.2, 0.25) is 0 Å². The van der Waals surface area contributed by atoms with Gasteiger partial charge in [-0.15, -0.1) is 23.1 Å². The Morgan fingerprint density at radius 3 is 2.80 bits per heavy atom. The number of thioether (sulfide) groups is 1. The predicted octanol–water partition coefficient (Wildman–Crippen LogP) is 3.94. The first-order valence-electron chi connectivity index (χ1n) is 6.30. The molecule has 0 radical (unpaired) electrons. The molecule has 0 spiro atoms. The maximum atomic E-state index is 12.4. The van der Waals surface area contributed by atoms with Crippen molar-refractivity contribution in [1.82, 2.24) is 9.97 Å². The Hall–Kier alpha value is -1.40. The fourth-order valence-electron chi connectivity index (χ4n) is 1.70. The van der Waals surface area contributed by atoms with Gasteiger partial charge in [0.15, 0.2) is 0 Å². The van der Waals surface area contributed by atoms with Crippen LogP contribution < -0.4 is 5.32 Å². The van der Waals surface area contributed by atoms with Crippen LogP contribution in [0.2, 0.25) is 0 Å². The first-order valence-corrected chi connectivity index (χ1v) is 8.34. The molecule has 0 aliphatic rings. The lowest BCUT2D eigenvalue weighted by molar-refractivity contribution is 0.102. The van der Waals surface area contributed by atoms with E-state index in [0.29, 0.717) is 10.8 Å². The summed E-state index contributed by atoms with van der Waals surface area (Å²) < 4.78 is 0. The van der Waals surface area contributed by atoms with E-state index in [4.69, 9.17) is 0 Å². The number of nitrogens with zero attached hydrogens (tertiary/aromatic N) is 2. The van der Waals surface area contributed by atoms with Crippen molar-refractivity contribution in [3.05, 3.63) is 33.9 Å². The van der Waals surface area contributed by atoms with E-state index in [2.05, 4.69) is 29.1 Å². The minimum absolute atomic E-state index is 0.116. The molecule has 6 heteroatoms. The molecule has 0 unspecified atom stereocenters. The van der Waals surface area contributed by atoms with Crippen molar-refractivity contribution >= 4 is 34.7 Å². The molecule has 0 saturated heterocycles. The van der Waals surface area contributed by atoms with Crippen LogP contribution in [0.5, 0.6) is 0 Å². The molecule has 1 N–H and O–H groups in total. The maximum Gasteiger partial charge on any atom is 0.267 e. The van der Waals surface area contributed by atoms with Gasteiger partial charge in [-0.1, -0.05) is 13.8 Å². The highest BCUT2D eigenvalue weighted by atomic mass is 32.2. The van der Waals surface area contributed by atoms with E-state index in [1.807, 2.05) is 25.3 Å². The van der Waals surface area contributed by atoms with Crippen molar-refractivity contribution in [2.45, 2.75) is 31.7 Å². The summed E-state index contributed by atoms with van der Waals surface area (Å²) in [6, 6.07) is 3.67. The van der Waals surface area contributed by atoms with E-state index >= 15 is 0 Å². The van der Waals surface area contributed by atoms with Crippen LogP contribution in [-0.2, 0) is 0 Å². The number of pyridine rings is 1.